The zero-order valence-corrected chi connectivity index (χ0v) is 14.6. The topological polar surface area (TPSA) is 58.5 Å². The standard InChI is InChI=1S/C19H26N4O/c1-4-20-19(23-14-17-9-5-6-11-21-17)22-13-16(3)24-18-10-7-8-15(2)12-18/h5-12,16H,4,13-14H2,1-3H3,(H2,20,22,23). The molecule has 5 nitrogen and oxygen atoms in total. The van der Waals surface area contributed by atoms with Crippen LogP contribution in [0.25, 0.3) is 0 Å². The van der Waals surface area contributed by atoms with Gasteiger partial charge in [0.2, 0.25) is 0 Å². The monoisotopic (exact) mass is 326 g/mol. The van der Waals surface area contributed by atoms with Crippen LogP contribution in [0.1, 0.15) is 25.1 Å². The van der Waals surface area contributed by atoms with Crippen molar-refractivity contribution < 1.29 is 4.74 Å². The maximum Gasteiger partial charge on any atom is 0.191 e. The number of hydrogen-bond acceptors (Lipinski definition) is 3. The van der Waals surface area contributed by atoms with Gasteiger partial charge < -0.3 is 15.4 Å². The lowest BCUT2D eigenvalue weighted by Crippen LogP contribution is -2.41. The largest absolute Gasteiger partial charge is 0.489 e. The molecule has 2 aromatic rings. The van der Waals surface area contributed by atoms with E-state index in [4.69, 9.17) is 4.74 Å². The Morgan fingerprint density at radius 3 is 2.79 bits per heavy atom. The average Bonchev–Trinajstić information content (AvgIpc) is 2.58. The number of guanidine groups is 1. The Morgan fingerprint density at radius 2 is 2.08 bits per heavy atom. The van der Waals surface area contributed by atoms with Gasteiger partial charge in [-0.1, -0.05) is 18.2 Å². The summed E-state index contributed by atoms with van der Waals surface area (Å²) < 4.78 is 5.93. The lowest BCUT2D eigenvalue weighted by molar-refractivity contribution is 0.223. The first kappa shape index (κ1) is 17.8. The van der Waals surface area contributed by atoms with E-state index in [1.54, 1.807) is 6.20 Å². The molecule has 0 radical (unpaired) electrons. The van der Waals surface area contributed by atoms with E-state index in [0.29, 0.717) is 13.1 Å². The number of hydrogen-bond donors (Lipinski definition) is 2. The first-order valence-electron chi connectivity index (χ1n) is 8.32. The number of nitrogens with one attached hydrogen (secondary N) is 2. The number of benzene rings is 1. The molecule has 0 aliphatic carbocycles. The molecule has 2 N–H and O–H groups in total. The van der Waals surface area contributed by atoms with Crippen molar-refractivity contribution in [2.45, 2.75) is 33.4 Å². The molecule has 128 valence electrons. The quantitative estimate of drug-likeness (QED) is 0.607. The van der Waals surface area contributed by atoms with E-state index in [1.165, 1.54) is 5.56 Å². The molecule has 5 heteroatoms. The number of nitrogens with zero attached hydrogens (tertiary/aromatic N) is 2. The lowest BCUT2D eigenvalue weighted by Gasteiger charge is -2.18. The molecule has 1 aromatic carbocycles. The van der Waals surface area contributed by atoms with Gasteiger partial charge in [0, 0.05) is 12.7 Å². The molecule has 0 spiro atoms. The predicted octanol–water partition coefficient (Wildman–Crippen LogP) is 2.91. The second-order valence-corrected chi connectivity index (χ2v) is 5.64. The van der Waals surface area contributed by atoms with Crippen LogP contribution in [0.4, 0.5) is 0 Å². The summed E-state index contributed by atoms with van der Waals surface area (Å²) in [6.45, 7) is 8.16. The number of pyridine rings is 1. The molecule has 0 bridgehead atoms. The van der Waals surface area contributed by atoms with Gasteiger partial charge in [0.15, 0.2) is 5.96 Å². The molecule has 1 unspecified atom stereocenters. The third kappa shape index (κ3) is 6.28. The third-order valence-corrected chi connectivity index (χ3v) is 3.35. The average molecular weight is 326 g/mol. The molecular weight excluding hydrogens is 300 g/mol. The van der Waals surface area contributed by atoms with Crippen molar-refractivity contribution in [2.24, 2.45) is 4.99 Å². The van der Waals surface area contributed by atoms with E-state index in [9.17, 15) is 0 Å². The Hall–Kier alpha value is -2.56. The van der Waals surface area contributed by atoms with Gasteiger partial charge in [0.05, 0.1) is 18.8 Å². The Labute approximate surface area is 144 Å². The molecule has 0 saturated heterocycles. The zero-order valence-electron chi connectivity index (χ0n) is 14.6. The highest BCUT2D eigenvalue weighted by molar-refractivity contribution is 5.79. The molecule has 0 fully saturated rings. The number of aromatic nitrogens is 1. The molecule has 1 heterocycles. The number of aliphatic imine (C=N–C) groups is 1. The summed E-state index contributed by atoms with van der Waals surface area (Å²) in [5.41, 5.74) is 2.14. The molecular formula is C19H26N4O. The van der Waals surface area contributed by atoms with Crippen molar-refractivity contribution in [3.8, 4) is 5.75 Å². The van der Waals surface area contributed by atoms with Gasteiger partial charge in [-0.25, -0.2) is 4.99 Å². The summed E-state index contributed by atoms with van der Waals surface area (Å²) in [5.74, 6) is 1.66. The van der Waals surface area contributed by atoms with Crippen molar-refractivity contribution in [1.29, 1.82) is 0 Å². The highest BCUT2D eigenvalue weighted by atomic mass is 16.5. The minimum absolute atomic E-state index is 0.0329. The van der Waals surface area contributed by atoms with E-state index in [-0.39, 0.29) is 6.10 Å². The first-order valence-corrected chi connectivity index (χ1v) is 8.32. The maximum absolute atomic E-state index is 5.93. The smallest absolute Gasteiger partial charge is 0.191 e. The second-order valence-electron chi connectivity index (χ2n) is 5.64. The highest BCUT2D eigenvalue weighted by Gasteiger charge is 2.06. The minimum atomic E-state index is 0.0329. The van der Waals surface area contributed by atoms with E-state index < -0.39 is 0 Å². The summed E-state index contributed by atoms with van der Waals surface area (Å²) in [4.78, 5) is 8.84. The number of aryl methyl sites for hydroxylation is 1. The van der Waals surface area contributed by atoms with Gasteiger partial charge in [0.1, 0.15) is 11.9 Å². The van der Waals surface area contributed by atoms with Crippen LogP contribution in [-0.4, -0.2) is 30.1 Å². The first-order chi connectivity index (χ1) is 11.7. The van der Waals surface area contributed by atoms with E-state index in [0.717, 1.165) is 23.9 Å². The normalized spacial score (nSPS) is 12.5. The Balaban J connectivity index is 1.86. The second kappa shape index (κ2) is 9.55. The summed E-state index contributed by atoms with van der Waals surface area (Å²) in [6.07, 6.45) is 1.81. The Bertz CT molecular complexity index is 643. The molecule has 0 aliphatic heterocycles. The van der Waals surface area contributed by atoms with Gasteiger partial charge in [0.25, 0.3) is 0 Å². The van der Waals surface area contributed by atoms with Crippen LogP contribution in [0.2, 0.25) is 0 Å². The molecule has 1 atom stereocenters. The molecule has 0 saturated carbocycles. The molecule has 0 amide bonds. The van der Waals surface area contributed by atoms with Crippen molar-refractivity contribution in [3.05, 3.63) is 59.9 Å². The van der Waals surface area contributed by atoms with Gasteiger partial charge in [-0.2, -0.15) is 0 Å². The van der Waals surface area contributed by atoms with Crippen LogP contribution < -0.4 is 15.4 Å². The third-order valence-electron chi connectivity index (χ3n) is 3.35. The van der Waals surface area contributed by atoms with Crippen LogP contribution in [-0.2, 0) is 6.54 Å². The van der Waals surface area contributed by atoms with Crippen molar-refractivity contribution in [1.82, 2.24) is 15.6 Å². The highest BCUT2D eigenvalue weighted by Crippen LogP contribution is 2.13. The molecule has 1 aromatic heterocycles. The van der Waals surface area contributed by atoms with Crippen LogP contribution in [0.15, 0.2) is 53.7 Å². The fraction of sp³-hybridized carbons (Fsp3) is 0.368. The number of ether oxygens (including phenoxy) is 1. The van der Waals surface area contributed by atoms with Crippen molar-refractivity contribution in [3.63, 3.8) is 0 Å². The molecule has 24 heavy (non-hydrogen) atoms. The summed E-state index contributed by atoms with van der Waals surface area (Å²) in [7, 11) is 0. The van der Waals surface area contributed by atoms with E-state index in [1.807, 2.05) is 50.2 Å². The minimum Gasteiger partial charge on any atom is -0.489 e. The van der Waals surface area contributed by atoms with Gasteiger partial charge >= 0.3 is 0 Å². The summed E-state index contributed by atoms with van der Waals surface area (Å²) in [6, 6.07) is 13.9. The zero-order chi connectivity index (χ0) is 17.2. The van der Waals surface area contributed by atoms with Crippen LogP contribution in [0.3, 0.4) is 0 Å². The lowest BCUT2D eigenvalue weighted by atomic mass is 10.2. The summed E-state index contributed by atoms with van der Waals surface area (Å²) in [5, 5.41) is 6.55. The van der Waals surface area contributed by atoms with E-state index >= 15 is 0 Å². The van der Waals surface area contributed by atoms with Crippen molar-refractivity contribution >= 4 is 5.96 Å². The Morgan fingerprint density at radius 1 is 1.21 bits per heavy atom. The van der Waals surface area contributed by atoms with Crippen LogP contribution in [0, 0.1) is 6.92 Å². The Kier molecular flexibility index (Phi) is 7.08. The number of rotatable bonds is 7. The SMILES string of the molecule is CCNC(=NCc1ccccn1)NCC(C)Oc1cccc(C)c1. The van der Waals surface area contributed by atoms with Crippen LogP contribution >= 0.6 is 0 Å². The van der Waals surface area contributed by atoms with Crippen molar-refractivity contribution in [2.75, 3.05) is 13.1 Å². The molecule has 0 aliphatic rings. The molecule has 2 rings (SSSR count). The fourth-order valence-corrected chi connectivity index (χ4v) is 2.20. The summed E-state index contributed by atoms with van der Waals surface area (Å²) >= 11 is 0. The maximum atomic E-state index is 5.93. The van der Waals surface area contributed by atoms with Crippen LogP contribution in [0.5, 0.6) is 5.75 Å². The van der Waals surface area contributed by atoms with Gasteiger partial charge in [-0.15, -0.1) is 0 Å². The fourth-order valence-electron chi connectivity index (χ4n) is 2.20. The van der Waals surface area contributed by atoms with Gasteiger partial charge in [-0.05, 0) is 50.6 Å². The van der Waals surface area contributed by atoms with E-state index in [2.05, 4.69) is 33.6 Å². The van der Waals surface area contributed by atoms with Gasteiger partial charge in [-0.3, -0.25) is 4.98 Å². The predicted molar refractivity (Wildman–Crippen MR) is 98.3 cm³/mol.